The van der Waals surface area contributed by atoms with Crippen LogP contribution in [0.3, 0.4) is 0 Å². The largest absolute Gasteiger partial charge is 0.497 e. The van der Waals surface area contributed by atoms with Crippen molar-refractivity contribution in [2.75, 3.05) is 12.5 Å². The fourth-order valence-electron chi connectivity index (χ4n) is 3.07. The summed E-state index contributed by atoms with van der Waals surface area (Å²) in [6, 6.07) is 16.3. The van der Waals surface area contributed by atoms with Gasteiger partial charge in [-0.3, -0.25) is 5.43 Å². The summed E-state index contributed by atoms with van der Waals surface area (Å²) in [5.74, 6) is 0.823. The Morgan fingerprint density at radius 3 is 2.75 bits per heavy atom. The van der Waals surface area contributed by atoms with E-state index >= 15 is 0 Å². The Kier molecular flexibility index (Phi) is 4.14. The molecule has 0 saturated carbocycles. The minimum atomic E-state index is 0.660. The lowest BCUT2D eigenvalue weighted by Gasteiger charge is -2.10. The zero-order valence-electron chi connectivity index (χ0n) is 15.1. The van der Waals surface area contributed by atoms with Gasteiger partial charge in [0.05, 0.1) is 22.2 Å². The van der Waals surface area contributed by atoms with Gasteiger partial charge in [0.1, 0.15) is 21.8 Å². The van der Waals surface area contributed by atoms with Gasteiger partial charge in [0, 0.05) is 5.39 Å². The fourth-order valence-corrected chi connectivity index (χ4v) is 4.66. The summed E-state index contributed by atoms with van der Waals surface area (Å²) < 4.78 is 6.43. The van der Waals surface area contributed by atoms with E-state index in [9.17, 15) is 0 Å². The van der Waals surface area contributed by atoms with Gasteiger partial charge in [-0.2, -0.15) is 5.10 Å². The van der Waals surface area contributed by atoms with Gasteiger partial charge >= 0.3 is 0 Å². The number of hydrogen-bond donors (Lipinski definition) is 1. The number of hydrogen-bond acceptors (Lipinski definition) is 8. The van der Waals surface area contributed by atoms with Crippen molar-refractivity contribution >= 4 is 48.8 Å². The fraction of sp³-hybridized carbons (Fsp3) is 0.100. The number of fused-ring (bicyclic) bond motifs is 3. The molecule has 3 aromatic rings. The van der Waals surface area contributed by atoms with Crippen molar-refractivity contribution in [1.29, 1.82) is 0 Å². The van der Waals surface area contributed by atoms with Crippen molar-refractivity contribution in [1.82, 2.24) is 15.2 Å². The Labute approximate surface area is 168 Å². The number of aryl methyl sites for hydroxylation is 1. The molecule has 2 aliphatic rings. The molecule has 5 rings (SSSR count). The molecule has 2 heterocycles. The highest BCUT2D eigenvalue weighted by Gasteiger charge is 2.14. The maximum Gasteiger partial charge on any atom is 0.225 e. The first-order valence-electron chi connectivity index (χ1n) is 8.61. The molecule has 0 saturated heterocycles. The highest BCUT2D eigenvalue weighted by molar-refractivity contribution is 7.21. The molecule has 0 radical (unpaired) electrons. The summed E-state index contributed by atoms with van der Waals surface area (Å²) in [7, 11) is 1.67. The van der Waals surface area contributed by atoms with E-state index in [-0.39, 0.29) is 0 Å². The molecule has 0 spiro atoms. The average molecular weight is 406 g/mol. The Morgan fingerprint density at radius 2 is 1.93 bits per heavy atom. The summed E-state index contributed by atoms with van der Waals surface area (Å²) >= 11 is 3.15. The van der Waals surface area contributed by atoms with Gasteiger partial charge < -0.3 is 4.74 Å². The van der Waals surface area contributed by atoms with Gasteiger partial charge in [-0.15, -0.1) is 21.5 Å². The lowest BCUT2D eigenvalue weighted by molar-refractivity contribution is 0.415. The van der Waals surface area contributed by atoms with Crippen LogP contribution in [-0.2, 0) is 0 Å². The summed E-state index contributed by atoms with van der Waals surface area (Å²) in [4.78, 5) is 5.97. The Balaban J connectivity index is 1.80. The lowest BCUT2D eigenvalue weighted by atomic mass is 10.1. The summed E-state index contributed by atoms with van der Waals surface area (Å²) in [5, 5.41) is 17.3. The molecular weight excluding hydrogens is 390 g/mol. The van der Waals surface area contributed by atoms with E-state index in [1.54, 1.807) is 18.4 Å². The third kappa shape index (κ3) is 2.96. The van der Waals surface area contributed by atoms with E-state index in [2.05, 4.69) is 38.9 Å². The number of nitrogens with zero attached hydrogens (tertiary/aromatic N) is 4. The molecule has 2 aromatic carbocycles. The molecule has 1 aliphatic carbocycles. The predicted octanol–water partition coefficient (Wildman–Crippen LogP) is 4.65. The first-order valence-corrected chi connectivity index (χ1v) is 10.2. The molecule has 0 unspecified atom stereocenters. The summed E-state index contributed by atoms with van der Waals surface area (Å²) in [6.07, 6.45) is 0. The van der Waals surface area contributed by atoms with Crippen molar-refractivity contribution < 1.29 is 4.74 Å². The van der Waals surface area contributed by atoms with E-state index < -0.39 is 0 Å². The van der Waals surface area contributed by atoms with E-state index in [4.69, 9.17) is 9.72 Å². The Bertz CT molecular complexity index is 1360. The zero-order chi connectivity index (χ0) is 19.1. The zero-order valence-corrected chi connectivity index (χ0v) is 16.8. The second kappa shape index (κ2) is 6.81. The standard InChI is InChI=1S/C20H15N5OS2/c1-11-22-24-20(27-11)25-23-18-14-6-4-3-5-12(14)9-17-19(18)21-15-8-7-13(26-2)10-16(15)28-17/h3-10H,1-2H3,(H,24,25)/b23-18+. The van der Waals surface area contributed by atoms with Crippen molar-refractivity contribution in [3.8, 4) is 16.3 Å². The maximum atomic E-state index is 5.36. The van der Waals surface area contributed by atoms with Gasteiger partial charge in [0.25, 0.3) is 0 Å². The van der Waals surface area contributed by atoms with Crippen molar-refractivity contribution in [2.45, 2.75) is 6.92 Å². The van der Waals surface area contributed by atoms with E-state index in [1.807, 2.05) is 37.3 Å². The quantitative estimate of drug-likeness (QED) is 0.349. The van der Waals surface area contributed by atoms with Gasteiger partial charge in [-0.25, -0.2) is 4.98 Å². The second-order valence-electron chi connectivity index (χ2n) is 6.19. The third-order valence-corrected chi connectivity index (χ3v) is 6.19. The van der Waals surface area contributed by atoms with Crippen LogP contribution >= 0.6 is 22.7 Å². The van der Waals surface area contributed by atoms with Crippen LogP contribution in [0.5, 0.6) is 5.75 Å². The molecule has 8 heteroatoms. The third-order valence-electron chi connectivity index (χ3n) is 4.37. The number of methoxy groups -OCH3 is 1. The van der Waals surface area contributed by atoms with Crippen molar-refractivity contribution in [3.63, 3.8) is 0 Å². The van der Waals surface area contributed by atoms with Gasteiger partial charge in [0.15, 0.2) is 0 Å². The van der Waals surface area contributed by atoms with E-state index in [0.717, 1.165) is 47.7 Å². The van der Waals surface area contributed by atoms with Crippen LogP contribution in [0.1, 0.15) is 5.01 Å². The van der Waals surface area contributed by atoms with Crippen LogP contribution < -0.4 is 15.5 Å². The minimum absolute atomic E-state index is 0.660. The molecule has 1 aliphatic heterocycles. The molecule has 6 nitrogen and oxygen atoms in total. The van der Waals surface area contributed by atoms with Gasteiger partial charge in [0.2, 0.25) is 5.13 Å². The molecule has 138 valence electrons. The summed E-state index contributed by atoms with van der Waals surface area (Å²) in [5.41, 5.74) is 4.82. The monoisotopic (exact) mass is 405 g/mol. The average Bonchev–Trinajstić information content (AvgIpc) is 3.14. The van der Waals surface area contributed by atoms with Crippen molar-refractivity contribution in [2.24, 2.45) is 5.10 Å². The molecule has 1 N–H and O–H groups in total. The van der Waals surface area contributed by atoms with E-state index in [0.29, 0.717) is 5.13 Å². The van der Waals surface area contributed by atoms with Crippen LogP contribution in [0.25, 0.3) is 31.6 Å². The maximum absolute atomic E-state index is 5.36. The number of ether oxygens (including phenoxy) is 1. The highest BCUT2D eigenvalue weighted by atomic mass is 32.1. The van der Waals surface area contributed by atoms with Gasteiger partial charge in [-0.1, -0.05) is 35.6 Å². The Morgan fingerprint density at radius 1 is 1.04 bits per heavy atom. The SMILES string of the molecule is COc1ccc2nc3/c(=N/Nc4nnc(C)s4)c4ccccc4cc-3sc2c1. The number of nitrogens with one attached hydrogen (secondary N) is 1. The number of anilines is 1. The van der Waals surface area contributed by atoms with Gasteiger partial charge in [-0.05, 0) is 36.6 Å². The number of aromatic nitrogens is 3. The number of rotatable bonds is 3. The molecule has 0 atom stereocenters. The van der Waals surface area contributed by atoms with Crippen molar-refractivity contribution in [3.05, 3.63) is 58.9 Å². The first-order chi connectivity index (χ1) is 13.7. The molecular formula is C20H15N5OS2. The lowest BCUT2D eigenvalue weighted by Crippen LogP contribution is -2.13. The topological polar surface area (TPSA) is 72.3 Å². The van der Waals surface area contributed by atoms with Crippen LogP contribution in [0, 0.1) is 6.92 Å². The molecule has 28 heavy (non-hydrogen) atoms. The molecule has 0 amide bonds. The minimum Gasteiger partial charge on any atom is -0.497 e. The number of benzene rings is 3. The predicted molar refractivity (Wildman–Crippen MR) is 114 cm³/mol. The van der Waals surface area contributed by atoms with Crippen LogP contribution in [0.4, 0.5) is 5.13 Å². The normalized spacial score (nSPS) is 12.1. The second-order valence-corrected chi connectivity index (χ2v) is 8.46. The first kappa shape index (κ1) is 17.0. The van der Waals surface area contributed by atoms with Crippen LogP contribution in [0.15, 0.2) is 53.6 Å². The van der Waals surface area contributed by atoms with Crippen LogP contribution in [0.2, 0.25) is 0 Å². The highest BCUT2D eigenvalue weighted by Crippen LogP contribution is 2.33. The smallest absolute Gasteiger partial charge is 0.225 e. The van der Waals surface area contributed by atoms with Crippen LogP contribution in [-0.4, -0.2) is 22.3 Å². The molecule has 1 aromatic heterocycles. The summed E-state index contributed by atoms with van der Waals surface area (Å²) in [6.45, 7) is 1.92. The molecule has 0 fully saturated rings. The Hall–Kier alpha value is -3.10. The van der Waals surface area contributed by atoms with E-state index in [1.165, 1.54) is 11.3 Å². The molecule has 0 bridgehead atoms.